The van der Waals surface area contributed by atoms with Crippen LogP contribution in [0.2, 0.25) is 0 Å². The largest absolute Gasteiger partial charge is 0.314 e. The summed E-state index contributed by atoms with van der Waals surface area (Å²) in [6.07, 6.45) is 16.7. The van der Waals surface area contributed by atoms with Crippen LogP contribution in [-0.2, 0) is 5.41 Å². The molecule has 1 nitrogen and oxygen atoms in total. The van der Waals surface area contributed by atoms with E-state index in [1.54, 1.807) is 11.1 Å². The molecular weight excluding hydrogens is 683 g/mol. The standard InChI is InChI=1S/C53H43NS/c1-53(2)48-20-9-7-15-43(48)44-31-26-36(32-49(44)53)34-22-27-38(28-23-34)54(50-33-37-12-3-4-13-40(37)42-14-5-6-16-45(42)50)39-29-24-35(25-30-39)41-18-11-19-47-46-17-8-10-21-51(46)55-52(41)47/h3-25,27-30,32-33,36,42,44-45H,26,31H2,1-2H3. The normalized spacial score (nSPS) is 21.7. The van der Waals surface area contributed by atoms with Gasteiger partial charge in [0.15, 0.2) is 0 Å². The van der Waals surface area contributed by atoms with Crippen molar-refractivity contribution in [2.45, 2.75) is 49.9 Å². The number of rotatable bonds is 5. The molecule has 4 unspecified atom stereocenters. The quantitative estimate of drug-likeness (QED) is 0.160. The van der Waals surface area contributed by atoms with E-state index in [9.17, 15) is 0 Å². The van der Waals surface area contributed by atoms with E-state index >= 15 is 0 Å². The molecule has 4 atom stereocenters. The highest BCUT2D eigenvalue weighted by molar-refractivity contribution is 7.26. The Hall–Kier alpha value is -5.70. The van der Waals surface area contributed by atoms with Gasteiger partial charge in [-0.1, -0.05) is 159 Å². The van der Waals surface area contributed by atoms with Gasteiger partial charge in [-0.3, -0.25) is 0 Å². The Kier molecular flexibility index (Phi) is 7.54. The zero-order valence-corrected chi connectivity index (χ0v) is 32.1. The lowest BCUT2D eigenvalue weighted by Gasteiger charge is -2.39. The number of hydrogen-bond acceptors (Lipinski definition) is 2. The monoisotopic (exact) mass is 725 g/mol. The number of hydrogen-bond donors (Lipinski definition) is 0. The Morgan fingerprint density at radius 3 is 2.15 bits per heavy atom. The fraction of sp³-hybridized carbons (Fsp3) is 0.170. The maximum absolute atomic E-state index is 2.63. The first-order valence-corrected chi connectivity index (χ1v) is 20.7. The van der Waals surface area contributed by atoms with E-state index < -0.39 is 0 Å². The van der Waals surface area contributed by atoms with Gasteiger partial charge in [0.25, 0.3) is 0 Å². The molecule has 4 aliphatic rings. The Morgan fingerprint density at radius 1 is 0.618 bits per heavy atom. The van der Waals surface area contributed by atoms with Crippen LogP contribution < -0.4 is 4.90 Å². The van der Waals surface area contributed by atoms with E-state index in [4.69, 9.17) is 0 Å². The molecule has 0 amide bonds. The lowest BCUT2D eigenvalue weighted by atomic mass is 9.73. The van der Waals surface area contributed by atoms with E-state index in [0.29, 0.717) is 17.8 Å². The van der Waals surface area contributed by atoms with Crippen molar-refractivity contribution in [1.29, 1.82) is 0 Å². The molecule has 1 heterocycles. The van der Waals surface area contributed by atoms with Gasteiger partial charge in [0.1, 0.15) is 0 Å². The molecule has 0 N–H and O–H groups in total. The third-order valence-corrected chi connectivity index (χ3v) is 14.3. The summed E-state index contributed by atoms with van der Waals surface area (Å²) in [5.41, 5.74) is 15.1. The van der Waals surface area contributed by atoms with Gasteiger partial charge in [-0.25, -0.2) is 0 Å². The van der Waals surface area contributed by atoms with E-state index in [2.05, 4.69) is 195 Å². The zero-order chi connectivity index (χ0) is 36.7. The van der Waals surface area contributed by atoms with Crippen molar-refractivity contribution in [3.05, 3.63) is 209 Å². The van der Waals surface area contributed by atoms with Crippen molar-refractivity contribution >= 4 is 49.0 Å². The molecular formula is C53H43NS. The van der Waals surface area contributed by atoms with Crippen LogP contribution in [0.1, 0.15) is 72.3 Å². The minimum absolute atomic E-state index is 0.0770. The molecule has 0 bridgehead atoms. The van der Waals surface area contributed by atoms with Crippen molar-refractivity contribution in [3.63, 3.8) is 0 Å². The smallest absolute Gasteiger partial charge is 0.0459 e. The highest BCUT2D eigenvalue weighted by Crippen LogP contribution is 2.56. The Bertz CT molecular complexity index is 2750. The Labute approximate surface area is 328 Å². The molecule has 0 saturated carbocycles. The molecule has 266 valence electrons. The number of fused-ring (bicyclic) bond motifs is 9. The molecule has 4 aliphatic carbocycles. The van der Waals surface area contributed by atoms with Crippen molar-refractivity contribution in [2.75, 3.05) is 4.90 Å². The van der Waals surface area contributed by atoms with Crippen LogP contribution in [-0.4, -0.2) is 0 Å². The first-order valence-electron chi connectivity index (χ1n) is 19.9. The number of allylic oxidation sites excluding steroid dienone is 6. The topological polar surface area (TPSA) is 3.24 Å². The average molecular weight is 726 g/mol. The van der Waals surface area contributed by atoms with Gasteiger partial charge < -0.3 is 4.90 Å². The molecule has 11 rings (SSSR count). The van der Waals surface area contributed by atoms with Gasteiger partial charge in [-0.2, -0.15) is 0 Å². The first-order chi connectivity index (χ1) is 27.0. The van der Waals surface area contributed by atoms with Crippen molar-refractivity contribution < 1.29 is 0 Å². The fourth-order valence-corrected chi connectivity index (χ4v) is 11.6. The molecule has 0 saturated heterocycles. The highest BCUT2D eigenvalue weighted by atomic mass is 32.1. The van der Waals surface area contributed by atoms with Crippen molar-refractivity contribution in [2.24, 2.45) is 5.92 Å². The minimum Gasteiger partial charge on any atom is -0.314 e. The zero-order valence-electron chi connectivity index (χ0n) is 31.3. The lowest BCUT2D eigenvalue weighted by Crippen LogP contribution is -2.28. The summed E-state index contributed by atoms with van der Waals surface area (Å²) in [6, 6.07) is 52.5. The molecule has 6 aromatic carbocycles. The maximum Gasteiger partial charge on any atom is 0.0459 e. The molecule has 55 heavy (non-hydrogen) atoms. The summed E-state index contributed by atoms with van der Waals surface area (Å²) in [4.78, 5) is 2.52. The van der Waals surface area contributed by atoms with Crippen LogP contribution in [0.3, 0.4) is 0 Å². The fourth-order valence-electron chi connectivity index (χ4n) is 10.4. The Balaban J connectivity index is 0.997. The summed E-state index contributed by atoms with van der Waals surface area (Å²) in [6.45, 7) is 4.85. The van der Waals surface area contributed by atoms with Crippen LogP contribution in [0.25, 0.3) is 37.4 Å². The highest BCUT2D eigenvalue weighted by Gasteiger charge is 2.43. The maximum atomic E-state index is 2.63. The van der Waals surface area contributed by atoms with Gasteiger partial charge in [0.2, 0.25) is 0 Å². The van der Waals surface area contributed by atoms with Crippen LogP contribution >= 0.6 is 11.3 Å². The van der Waals surface area contributed by atoms with Gasteiger partial charge in [-0.15, -0.1) is 11.3 Å². The van der Waals surface area contributed by atoms with Gasteiger partial charge in [0.05, 0.1) is 0 Å². The van der Waals surface area contributed by atoms with Crippen molar-refractivity contribution in [1.82, 2.24) is 0 Å². The molecule has 0 fully saturated rings. The van der Waals surface area contributed by atoms with Gasteiger partial charge >= 0.3 is 0 Å². The van der Waals surface area contributed by atoms with Gasteiger partial charge in [0, 0.05) is 66.3 Å². The van der Waals surface area contributed by atoms with E-state index in [1.165, 1.54) is 83.5 Å². The van der Waals surface area contributed by atoms with Gasteiger partial charge in [-0.05, 0) is 88.2 Å². The van der Waals surface area contributed by atoms with Crippen LogP contribution in [0.5, 0.6) is 0 Å². The predicted molar refractivity (Wildman–Crippen MR) is 235 cm³/mol. The second-order valence-electron chi connectivity index (χ2n) is 16.3. The average Bonchev–Trinajstić information content (AvgIpc) is 3.73. The number of benzene rings is 6. The van der Waals surface area contributed by atoms with Crippen LogP contribution in [0.4, 0.5) is 11.4 Å². The van der Waals surface area contributed by atoms with Crippen LogP contribution in [0, 0.1) is 5.92 Å². The minimum atomic E-state index is 0.0770. The summed E-state index contributed by atoms with van der Waals surface area (Å²) in [5, 5.41) is 2.67. The number of nitrogens with zero attached hydrogens (tertiary/aromatic N) is 1. The summed E-state index contributed by atoms with van der Waals surface area (Å²) >= 11 is 1.90. The molecule has 2 heteroatoms. The molecule has 0 spiro atoms. The summed E-state index contributed by atoms with van der Waals surface area (Å²) in [5.74, 6) is 1.51. The third-order valence-electron chi connectivity index (χ3n) is 13.1. The van der Waals surface area contributed by atoms with E-state index in [0.717, 1.165) is 0 Å². The Morgan fingerprint density at radius 2 is 1.31 bits per heavy atom. The molecule has 0 radical (unpaired) electrons. The predicted octanol–water partition coefficient (Wildman–Crippen LogP) is 14.6. The molecule has 0 aliphatic heterocycles. The molecule has 1 aromatic heterocycles. The summed E-state index contributed by atoms with van der Waals surface area (Å²) in [7, 11) is 0. The first kappa shape index (κ1) is 32.7. The lowest BCUT2D eigenvalue weighted by molar-refractivity contribution is 0.528. The number of thiophene rings is 1. The van der Waals surface area contributed by atoms with E-state index in [1.807, 2.05) is 11.3 Å². The number of anilines is 2. The third kappa shape index (κ3) is 5.19. The van der Waals surface area contributed by atoms with Crippen molar-refractivity contribution in [3.8, 4) is 11.1 Å². The summed E-state index contributed by atoms with van der Waals surface area (Å²) < 4.78 is 2.69. The molecule has 7 aromatic rings. The van der Waals surface area contributed by atoms with Crippen LogP contribution in [0.15, 0.2) is 181 Å². The second kappa shape index (κ2) is 12.7. The SMILES string of the molecule is CC1(C)C2=CC(c3ccc(N(C4=Cc5ccccc5C5C=CC=CC45)c4ccc(-c5cccc6c5sc5ccccc56)cc4)cc3)CCC2c2ccccc21. The van der Waals surface area contributed by atoms with E-state index in [-0.39, 0.29) is 11.3 Å². The second-order valence-corrected chi connectivity index (χ2v) is 17.4.